The van der Waals surface area contributed by atoms with Crippen LogP contribution in [0.4, 0.5) is 11.4 Å². The zero-order chi connectivity index (χ0) is 25.6. The van der Waals surface area contributed by atoms with Gasteiger partial charge in [-0.15, -0.1) is 0 Å². The van der Waals surface area contributed by atoms with E-state index in [1.54, 1.807) is 0 Å². The summed E-state index contributed by atoms with van der Waals surface area (Å²) in [6, 6.07) is 41.2. The molecule has 0 bridgehead atoms. The van der Waals surface area contributed by atoms with Crippen LogP contribution < -0.4 is 11.5 Å². The number of nitrogens with two attached hydrogens (primary N) is 2. The summed E-state index contributed by atoms with van der Waals surface area (Å²) in [5.41, 5.74) is 25.2. The van der Waals surface area contributed by atoms with Crippen molar-refractivity contribution >= 4 is 11.4 Å². The van der Waals surface area contributed by atoms with Gasteiger partial charge in [0.05, 0.1) is 0 Å². The van der Waals surface area contributed by atoms with E-state index in [1.807, 2.05) is 24.3 Å². The predicted molar refractivity (Wildman–Crippen MR) is 157 cm³/mol. The quantitative estimate of drug-likeness (QED) is 0.225. The number of aryl methyl sites for hydroxylation is 1. The van der Waals surface area contributed by atoms with Gasteiger partial charge in [0.25, 0.3) is 0 Å². The molecule has 0 heterocycles. The molecule has 0 spiro atoms. The monoisotopic (exact) mass is 482 g/mol. The van der Waals surface area contributed by atoms with Crippen molar-refractivity contribution in [2.45, 2.75) is 32.6 Å². The van der Waals surface area contributed by atoms with Crippen LogP contribution in [0.1, 0.15) is 50.1 Å². The minimum atomic E-state index is 0.809. The van der Waals surface area contributed by atoms with E-state index in [0.29, 0.717) is 0 Å². The highest BCUT2D eigenvalue weighted by Gasteiger charge is 2.05. The molecule has 0 aliphatic carbocycles. The Hall–Kier alpha value is -4.30. The summed E-state index contributed by atoms with van der Waals surface area (Å²) in [7, 11) is 0. The number of hydrogen-bond donors (Lipinski definition) is 2. The van der Waals surface area contributed by atoms with E-state index in [-0.39, 0.29) is 0 Å². The van der Waals surface area contributed by atoms with Gasteiger partial charge in [0, 0.05) is 11.4 Å². The van der Waals surface area contributed by atoms with Crippen LogP contribution >= 0.6 is 0 Å². The van der Waals surface area contributed by atoms with Gasteiger partial charge in [-0.25, -0.2) is 0 Å². The molecule has 0 aromatic heterocycles. The zero-order valence-corrected chi connectivity index (χ0v) is 21.5. The second-order valence-electron chi connectivity index (χ2n) is 10.1. The molecular formula is C35H34N2. The molecule has 0 unspecified atom stereocenters. The second kappa shape index (κ2) is 11.2. The Morgan fingerprint density at radius 2 is 0.676 bits per heavy atom. The number of benzene rings is 5. The summed E-state index contributed by atoms with van der Waals surface area (Å²) >= 11 is 0. The first-order chi connectivity index (χ1) is 18.0. The molecular weight excluding hydrogens is 448 g/mol. The van der Waals surface area contributed by atoms with Crippen LogP contribution in [-0.4, -0.2) is 0 Å². The van der Waals surface area contributed by atoms with Gasteiger partial charge in [-0.05, 0) is 107 Å². The summed E-state index contributed by atoms with van der Waals surface area (Å²) in [6.07, 6.45) is 3.75. The summed E-state index contributed by atoms with van der Waals surface area (Å²) < 4.78 is 0. The number of anilines is 2. The van der Waals surface area contributed by atoms with E-state index < -0.39 is 0 Å². The fourth-order valence-electron chi connectivity index (χ4n) is 4.81. The lowest BCUT2D eigenvalue weighted by Gasteiger charge is -2.11. The molecule has 0 atom stereocenters. The van der Waals surface area contributed by atoms with Crippen LogP contribution in [-0.2, 0) is 25.7 Å². The van der Waals surface area contributed by atoms with Gasteiger partial charge in [0.1, 0.15) is 0 Å². The SMILES string of the molecule is Cc1cc(Cc2ccc(Cc3ccc(N)cc3)cc2)ccc1Cc1ccc(Cc2ccc(N)cc2)cc1. The standard InChI is InChI=1S/C35H34N2/c1-25-20-32(23-28-4-2-26(3-5-28)21-29-11-16-34(36)17-12-29)10-15-33(25)24-31-8-6-27(7-9-31)22-30-13-18-35(37)19-14-30/h2-20H,21-24,36-37H2,1H3. The molecule has 184 valence electrons. The molecule has 0 fully saturated rings. The molecule has 37 heavy (non-hydrogen) atoms. The van der Waals surface area contributed by atoms with Gasteiger partial charge in [-0.1, -0.05) is 91.0 Å². The first kappa shape index (κ1) is 24.4. The number of nitrogen functional groups attached to an aromatic ring is 2. The third kappa shape index (κ3) is 6.68. The first-order valence-corrected chi connectivity index (χ1v) is 12.9. The minimum absolute atomic E-state index is 0.809. The Labute approximate surface area is 220 Å². The minimum Gasteiger partial charge on any atom is -0.399 e. The van der Waals surface area contributed by atoms with E-state index in [0.717, 1.165) is 37.1 Å². The van der Waals surface area contributed by atoms with Crippen molar-refractivity contribution in [2.75, 3.05) is 11.5 Å². The maximum absolute atomic E-state index is 5.80. The van der Waals surface area contributed by atoms with Crippen LogP contribution in [0.25, 0.3) is 0 Å². The molecule has 0 radical (unpaired) electrons. The largest absolute Gasteiger partial charge is 0.399 e. The lowest BCUT2D eigenvalue weighted by atomic mass is 9.95. The van der Waals surface area contributed by atoms with Crippen LogP contribution in [0.2, 0.25) is 0 Å². The lowest BCUT2D eigenvalue weighted by molar-refractivity contribution is 1.11. The fraction of sp³-hybridized carbons (Fsp3) is 0.143. The van der Waals surface area contributed by atoms with Crippen molar-refractivity contribution in [1.82, 2.24) is 0 Å². The Morgan fingerprint density at radius 1 is 0.378 bits per heavy atom. The van der Waals surface area contributed by atoms with Crippen molar-refractivity contribution in [1.29, 1.82) is 0 Å². The topological polar surface area (TPSA) is 52.0 Å². The molecule has 5 rings (SSSR count). The molecule has 4 N–H and O–H groups in total. The highest BCUT2D eigenvalue weighted by atomic mass is 14.5. The Morgan fingerprint density at radius 3 is 1.05 bits per heavy atom. The number of rotatable bonds is 8. The van der Waals surface area contributed by atoms with Crippen LogP contribution in [0.5, 0.6) is 0 Å². The normalized spacial score (nSPS) is 10.9. The Balaban J connectivity index is 1.18. The van der Waals surface area contributed by atoms with Crippen molar-refractivity contribution in [3.8, 4) is 0 Å². The fourth-order valence-corrected chi connectivity index (χ4v) is 4.81. The van der Waals surface area contributed by atoms with Gasteiger partial charge in [0.2, 0.25) is 0 Å². The number of hydrogen-bond acceptors (Lipinski definition) is 2. The average Bonchev–Trinajstić information content (AvgIpc) is 2.91. The van der Waals surface area contributed by atoms with E-state index in [1.165, 1.54) is 50.1 Å². The molecule has 2 heteroatoms. The van der Waals surface area contributed by atoms with Crippen molar-refractivity contribution in [3.63, 3.8) is 0 Å². The molecule has 0 saturated carbocycles. The summed E-state index contributed by atoms with van der Waals surface area (Å²) in [6.45, 7) is 2.23. The van der Waals surface area contributed by atoms with Gasteiger partial charge >= 0.3 is 0 Å². The highest BCUT2D eigenvalue weighted by molar-refractivity contribution is 5.43. The van der Waals surface area contributed by atoms with Crippen molar-refractivity contribution < 1.29 is 0 Å². The molecule has 0 aliphatic rings. The van der Waals surface area contributed by atoms with E-state index in [2.05, 4.69) is 97.9 Å². The molecule has 0 saturated heterocycles. The van der Waals surface area contributed by atoms with Gasteiger partial charge in [0.15, 0.2) is 0 Å². The summed E-state index contributed by atoms with van der Waals surface area (Å²) in [5, 5.41) is 0. The van der Waals surface area contributed by atoms with Crippen molar-refractivity contribution in [2.24, 2.45) is 0 Å². The summed E-state index contributed by atoms with van der Waals surface area (Å²) in [4.78, 5) is 0. The molecule has 2 nitrogen and oxygen atoms in total. The average molecular weight is 483 g/mol. The van der Waals surface area contributed by atoms with Crippen LogP contribution in [0.15, 0.2) is 115 Å². The second-order valence-corrected chi connectivity index (χ2v) is 10.1. The van der Waals surface area contributed by atoms with E-state index >= 15 is 0 Å². The first-order valence-electron chi connectivity index (χ1n) is 12.9. The Kier molecular flexibility index (Phi) is 7.37. The zero-order valence-electron chi connectivity index (χ0n) is 21.5. The summed E-state index contributed by atoms with van der Waals surface area (Å²) in [5.74, 6) is 0. The van der Waals surface area contributed by atoms with Crippen LogP contribution in [0.3, 0.4) is 0 Å². The molecule has 0 aliphatic heterocycles. The highest BCUT2D eigenvalue weighted by Crippen LogP contribution is 2.20. The lowest BCUT2D eigenvalue weighted by Crippen LogP contribution is -1.96. The van der Waals surface area contributed by atoms with Crippen molar-refractivity contribution in [3.05, 3.63) is 165 Å². The van der Waals surface area contributed by atoms with Crippen LogP contribution in [0, 0.1) is 6.92 Å². The smallest absolute Gasteiger partial charge is 0.0314 e. The van der Waals surface area contributed by atoms with E-state index in [4.69, 9.17) is 11.5 Å². The van der Waals surface area contributed by atoms with Gasteiger partial charge < -0.3 is 11.5 Å². The van der Waals surface area contributed by atoms with Gasteiger partial charge in [-0.3, -0.25) is 0 Å². The third-order valence-electron chi connectivity index (χ3n) is 7.03. The van der Waals surface area contributed by atoms with E-state index in [9.17, 15) is 0 Å². The molecule has 0 amide bonds. The third-order valence-corrected chi connectivity index (χ3v) is 7.03. The Bertz CT molecular complexity index is 1450. The maximum Gasteiger partial charge on any atom is 0.0314 e. The molecule has 5 aromatic carbocycles. The predicted octanol–water partition coefficient (Wildman–Crippen LogP) is 7.52. The maximum atomic E-state index is 5.80. The van der Waals surface area contributed by atoms with Gasteiger partial charge in [-0.2, -0.15) is 0 Å². The molecule has 5 aromatic rings.